The lowest BCUT2D eigenvalue weighted by molar-refractivity contribution is -0.133. The molecule has 28 heavy (non-hydrogen) atoms. The van der Waals surface area contributed by atoms with Gasteiger partial charge >= 0.3 is 0 Å². The molecule has 1 saturated heterocycles. The molecule has 156 valence electrons. The summed E-state index contributed by atoms with van der Waals surface area (Å²) in [5.74, 6) is 1.04. The minimum absolute atomic E-state index is 0.0281. The summed E-state index contributed by atoms with van der Waals surface area (Å²) in [5, 5.41) is 2.98. The molecule has 0 aliphatic carbocycles. The summed E-state index contributed by atoms with van der Waals surface area (Å²) < 4.78 is 16.3. The maximum absolute atomic E-state index is 12.8. The van der Waals surface area contributed by atoms with Crippen LogP contribution in [0, 0.1) is 11.8 Å². The third-order valence-electron chi connectivity index (χ3n) is 5.13. The van der Waals surface area contributed by atoms with Crippen molar-refractivity contribution in [3.05, 3.63) is 17.7 Å². The van der Waals surface area contributed by atoms with Crippen LogP contribution in [0.4, 0.5) is 0 Å². The quantitative estimate of drug-likeness (QED) is 0.735. The lowest BCUT2D eigenvalue weighted by atomic mass is 9.88. The Hall–Kier alpha value is -2.44. The van der Waals surface area contributed by atoms with E-state index in [9.17, 15) is 9.59 Å². The molecule has 1 heterocycles. The highest BCUT2D eigenvalue weighted by Gasteiger charge is 2.41. The van der Waals surface area contributed by atoms with E-state index in [1.165, 1.54) is 0 Å². The van der Waals surface area contributed by atoms with E-state index in [0.29, 0.717) is 36.9 Å². The van der Waals surface area contributed by atoms with Crippen LogP contribution in [-0.2, 0) is 9.59 Å². The lowest BCUT2D eigenvalue weighted by Crippen LogP contribution is -2.36. The SMILES string of the molecule is CCCNC(=O)C1CN(C(=O)C(C)C)CC1c1cc(OC)c(OC)c(OC)c1. The van der Waals surface area contributed by atoms with Gasteiger partial charge < -0.3 is 24.4 Å². The zero-order valence-electron chi connectivity index (χ0n) is 17.7. The molecule has 2 unspecified atom stereocenters. The molecule has 0 saturated carbocycles. The summed E-state index contributed by atoms with van der Waals surface area (Å²) in [4.78, 5) is 27.2. The van der Waals surface area contributed by atoms with Crippen LogP contribution in [0.1, 0.15) is 38.7 Å². The van der Waals surface area contributed by atoms with Crippen LogP contribution < -0.4 is 19.5 Å². The van der Waals surface area contributed by atoms with E-state index in [1.54, 1.807) is 26.2 Å². The first-order chi connectivity index (χ1) is 13.4. The van der Waals surface area contributed by atoms with Crippen LogP contribution in [0.15, 0.2) is 12.1 Å². The van der Waals surface area contributed by atoms with Crippen molar-refractivity contribution in [2.45, 2.75) is 33.1 Å². The van der Waals surface area contributed by atoms with Crippen LogP contribution in [0.2, 0.25) is 0 Å². The number of amides is 2. The van der Waals surface area contributed by atoms with Gasteiger partial charge in [-0.1, -0.05) is 20.8 Å². The fourth-order valence-corrected chi connectivity index (χ4v) is 3.65. The van der Waals surface area contributed by atoms with Crippen molar-refractivity contribution in [1.82, 2.24) is 10.2 Å². The molecule has 7 heteroatoms. The number of nitrogens with zero attached hydrogens (tertiary/aromatic N) is 1. The maximum Gasteiger partial charge on any atom is 0.225 e. The van der Waals surface area contributed by atoms with Gasteiger partial charge in [0.2, 0.25) is 17.6 Å². The van der Waals surface area contributed by atoms with Gasteiger partial charge in [0, 0.05) is 31.5 Å². The molecule has 1 aliphatic rings. The van der Waals surface area contributed by atoms with Crippen molar-refractivity contribution in [1.29, 1.82) is 0 Å². The molecule has 0 radical (unpaired) electrons. The Kier molecular flexibility index (Phi) is 7.54. The van der Waals surface area contributed by atoms with E-state index in [-0.39, 0.29) is 29.6 Å². The summed E-state index contributed by atoms with van der Waals surface area (Å²) >= 11 is 0. The molecule has 2 rings (SSSR count). The largest absolute Gasteiger partial charge is 0.493 e. The predicted molar refractivity (Wildman–Crippen MR) is 107 cm³/mol. The second kappa shape index (κ2) is 9.66. The number of likely N-dealkylation sites (tertiary alicyclic amines) is 1. The van der Waals surface area contributed by atoms with E-state index in [2.05, 4.69) is 5.32 Å². The van der Waals surface area contributed by atoms with Gasteiger partial charge in [-0.25, -0.2) is 0 Å². The molecular formula is C21H32N2O5. The highest BCUT2D eigenvalue weighted by molar-refractivity contribution is 5.84. The van der Waals surface area contributed by atoms with E-state index in [1.807, 2.05) is 32.9 Å². The highest BCUT2D eigenvalue weighted by atomic mass is 16.5. The first-order valence-electron chi connectivity index (χ1n) is 9.74. The molecular weight excluding hydrogens is 360 g/mol. The third kappa shape index (κ3) is 4.51. The second-order valence-corrected chi connectivity index (χ2v) is 7.36. The van der Waals surface area contributed by atoms with Crippen LogP contribution in [-0.4, -0.2) is 57.7 Å². The smallest absolute Gasteiger partial charge is 0.225 e. The molecule has 1 fully saturated rings. The van der Waals surface area contributed by atoms with E-state index >= 15 is 0 Å². The van der Waals surface area contributed by atoms with Gasteiger partial charge in [-0.3, -0.25) is 9.59 Å². The molecule has 7 nitrogen and oxygen atoms in total. The fraction of sp³-hybridized carbons (Fsp3) is 0.619. The Bertz CT molecular complexity index is 679. The zero-order chi connectivity index (χ0) is 20.8. The van der Waals surface area contributed by atoms with Gasteiger partial charge in [0.15, 0.2) is 11.5 Å². The lowest BCUT2D eigenvalue weighted by Gasteiger charge is -2.21. The average Bonchev–Trinajstić information content (AvgIpc) is 3.15. The van der Waals surface area contributed by atoms with E-state index in [0.717, 1.165) is 12.0 Å². The van der Waals surface area contributed by atoms with E-state index in [4.69, 9.17) is 14.2 Å². The maximum atomic E-state index is 12.8. The Balaban J connectivity index is 2.43. The number of carbonyl (C=O) groups excluding carboxylic acids is 2. The number of nitrogens with one attached hydrogen (secondary N) is 1. The van der Waals surface area contributed by atoms with Crippen molar-refractivity contribution in [3.8, 4) is 17.2 Å². The average molecular weight is 392 g/mol. The first-order valence-corrected chi connectivity index (χ1v) is 9.74. The molecule has 2 amide bonds. The minimum Gasteiger partial charge on any atom is -0.493 e. The third-order valence-corrected chi connectivity index (χ3v) is 5.13. The highest BCUT2D eigenvalue weighted by Crippen LogP contribution is 2.43. The number of methoxy groups -OCH3 is 3. The first kappa shape index (κ1) is 21.9. The van der Waals surface area contributed by atoms with Crippen molar-refractivity contribution in [2.24, 2.45) is 11.8 Å². The molecule has 2 atom stereocenters. The van der Waals surface area contributed by atoms with E-state index < -0.39 is 0 Å². The molecule has 1 aromatic rings. The van der Waals surface area contributed by atoms with Gasteiger partial charge in [-0.2, -0.15) is 0 Å². The van der Waals surface area contributed by atoms with Gasteiger partial charge in [0.05, 0.1) is 27.2 Å². The summed E-state index contributed by atoms with van der Waals surface area (Å²) in [7, 11) is 4.69. The fourth-order valence-electron chi connectivity index (χ4n) is 3.65. The molecule has 0 aromatic heterocycles. The normalized spacial score (nSPS) is 18.9. The Labute approximate surface area is 167 Å². The van der Waals surface area contributed by atoms with Crippen molar-refractivity contribution in [3.63, 3.8) is 0 Å². The van der Waals surface area contributed by atoms with Crippen LogP contribution in [0.5, 0.6) is 17.2 Å². The number of rotatable bonds is 8. The molecule has 1 N–H and O–H groups in total. The molecule has 0 spiro atoms. The number of benzene rings is 1. The molecule has 0 bridgehead atoms. The van der Waals surface area contributed by atoms with Gasteiger partial charge in [0.1, 0.15) is 0 Å². The number of carbonyl (C=O) groups is 2. The monoisotopic (exact) mass is 392 g/mol. The van der Waals surface area contributed by atoms with Crippen molar-refractivity contribution < 1.29 is 23.8 Å². The Morgan fingerprint density at radius 1 is 1.11 bits per heavy atom. The summed E-state index contributed by atoms with van der Waals surface area (Å²) in [5.41, 5.74) is 0.894. The number of ether oxygens (including phenoxy) is 3. The van der Waals surface area contributed by atoms with Gasteiger partial charge in [0.25, 0.3) is 0 Å². The van der Waals surface area contributed by atoms with Crippen LogP contribution in [0.25, 0.3) is 0 Å². The summed E-state index contributed by atoms with van der Waals surface area (Å²) in [6.45, 7) is 7.28. The molecule has 1 aromatic carbocycles. The summed E-state index contributed by atoms with van der Waals surface area (Å²) in [6, 6.07) is 3.74. The topological polar surface area (TPSA) is 77.1 Å². The number of hydrogen-bond acceptors (Lipinski definition) is 5. The van der Waals surface area contributed by atoms with Crippen molar-refractivity contribution >= 4 is 11.8 Å². The minimum atomic E-state index is -0.322. The summed E-state index contributed by atoms with van der Waals surface area (Å²) in [6.07, 6.45) is 0.863. The Morgan fingerprint density at radius 2 is 1.71 bits per heavy atom. The standard InChI is InChI=1S/C21H32N2O5/c1-7-8-22-20(24)16-12-23(21(25)13(2)3)11-15(16)14-9-17(26-4)19(28-6)18(10-14)27-5/h9-10,13,15-16H,7-8,11-12H2,1-6H3,(H,22,24). The zero-order valence-corrected chi connectivity index (χ0v) is 17.7. The number of hydrogen-bond donors (Lipinski definition) is 1. The van der Waals surface area contributed by atoms with Gasteiger partial charge in [-0.15, -0.1) is 0 Å². The molecule has 1 aliphatic heterocycles. The predicted octanol–water partition coefficient (Wildman–Crippen LogP) is 2.44. The van der Waals surface area contributed by atoms with Gasteiger partial charge in [-0.05, 0) is 24.1 Å². The van der Waals surface area contributed by atoms with Crippen LogP contribution in [0.3, 0.4) is 0 Å². The van der Waals surface area contributed by atoms with Crippen molar-refractivity contribution in [2.75, 3.05) is 41.0 Å². The second-order valence-electron chi connectivity index (χ2n) is 7.36. The Morgan fingerprint density at radius 3 is 2.18 bits per heavy atom. The van der Waals surface area contributed by atoms with Crippen LogP contribution >= 0.6 is 0 Å².